The van der Waals surface area contributed by atoms with E-state index in [-0.39, 0.29) is 13.1 Å². The maximum atomic E-state index is 14.7. The molecule has 1 heterocycles. The molecule has 1 unspecified atom stereocenters. The smallest absolute Gasteiger partial charge is 0.329 e. The summed E-state index contributed by atoms with van der Waals surface area (Å²) in [5.41, 5.74) is 0.327. The van der Waals surface area contributed by atoms with Crippen LogP contribution in [0.1, 0.15) is 29.2 Å². The van der Waals surface area contributed by atoms with Gasteiger partial charge >= 0.3 is 12.0 Å². The summed E-state index contributed by atoms with van der Waals surface area (Å²) < 4.78 is 11.3. The van der Waals surface area contributed by atoms with Crippen LogP contribution in [-0.4, -0.2) is 82.2 Å². The predicted octanol–water partition coefficient (Wildman–Crippen LogP) is 4.75. The number of nitrogens with zero attached hydrogens (tertiary/aromatic N) is 3. The van der Waals surface area contributed by atoms with E-state index in [2.05, 4.69) is 0 Å². The summed E-state index contributed by atoms with van der Waals surface area (Å²) in [4.78, 5) is 45.7. The van der Waals surface area contributed by atoms with Gasteiger partial charge in [-0.25, -0.2) is 9.59 Å². The highest BCUT2D eigenvalue weighted by Crippen LogP contribution is 2.44. The Morgan fingerprint density at radius 3 is 1.57 bits per heavy atom. The van der Waals surface area contributed by atoms with Crippen LogP contribution in [0.4, 0.5) is 4.79 Å². The standard InChI is InChI=1S/C37H39N3O7/c1-25(37(45,28-19-11-13-21-30(28)46-3)29-20-12-14-22-31(29)47-4)38(2)34(41)32-33(35(42)43)40(24-27-17-9-6-10-18-27)36(44)39(32)23-26-15-7-5-8-16-26/h5-22,25,32-33,45H,23-24H2,1-4H3,(H,42,43)/t25?,32-,33+/m0/s1. The molecule has 4 aromatic carbocycles. The minimum Gasteiger partial charge on any atom is -0.496 e. The second kappa shape index (κ2) is 14.0. The van der Waals surface area contributed by atoms with Gasteiger partial charge < -0.3 is 34.4 Å². The van der Waals surface area contributed by atoms with Gasteiger partial charge in [-0.2, -0.15) is 0 Å². The molecule has 3 atom stereocenters. The van der Waals surface area contributed by atoms with E-state index in [1.807, 2.05) is 48.5 Å². The number of hydrogen-bond acceptors (Lipinski definition) is 6. The molecule has 1 aliphatic rings. The molecule has 3 amide bonds. The normalized spacial score (nSPS) is 16.9. The molecular formula is C37H39N3O7. The van der Waals surface area contributed by atoms with E-state index in [1.165, 1.54) is 36.0 Å². The maximum absolute atomic E-state index is 14.7. The van der Waals surface area contributed by atoms with E-state index in [4.69, 9.17) is 9.47 Å². The fourth-order valence-electron chi connectivity index (χ4n) is 6.37. The largest absolute Gasteiger partial charge is 0.496 e. The Labute approximate surface area is 274 Å². The Kier molecular flexibility index (Phi) is 9.81. The zero-order valence-electron chi connectivity index (χ0n) is 26.8. The number of para-hydroxylation sites is 2. The molecule has 0 spiro atoms. The van der Waals surface area contributed by atoms with Gasteiger partial charge in [0, 0.05) is 31.3 Å². The Morgan fingerprint density at radius 2 is 1.15 bits per heavy atom. The van der Waals surface area contributed by atoms with Crippen LogP contribution in [0.5, 0.6) is 11.5 Å². The van der Waals surface area contributed by atoms with Gasteiger partial charge in [0.25, 0.3) is 0 Å². The quantitative estimate of drug-likeness (QED) is 0.230. The van der Waals surface area contributed by atoms with Crippen molar-refractivity contribution in [1.82, 2.24) is 14.7 Å². The monoisotopic (exact) mass is 637 g/mol. The number of amides is 3. The van der Waals surface area contributed by atoms with Crippen molar-refractivity contribution in [3.8, 4) is 11.5 Å². The number of carboxylic acids is 1. The molecule has 244 valence electrons. The summed E-state index contributed by atoms with van der Waals surface area (Å²) in [5.74, 6) is -1.19. The first-order valence-corrected chi connectivity index (χ1v) is 15.3. The molecular weight excluding hydrogens is 598 g/mol. The van der Waals surface area contributed by atoms with E-state index < -0.39 is 41.6 Å². The van der Waals surface area contributed by atoms with Crippen LogP contribution in [-0.2, 0) is 28.3 Å². The summed E-state index contributed by atoms with van der Waals surface area (Å²) in [6, 6.07) is 27.6. The van der Waals surface area contributed by atoms with Crippen LogP contribution in [0.2, 0.25) is 0 Å². The van der Waals surface area contributed by atoms with Crippen molar-refractivity contribution in [2.24, 2.45) is 0 Å². The van der Waals surface area contributed by atoms with E-state index in [0.717, 1.165) is 11.1 Å². The predicted molar refractivity (Wildman–Crippen MR) is 176 cm³/mol. The van der Waals surface area contributed by atoms with Crippen LogP contribution < -0.4 is 9.47 Å². The van der Waals surface area contributed by atoms with Crippen molar-refractivity contribution in [2.75, 3.05) is 21.3 Å². The molecule has 1 aliphatic heterocycles. The zero-order chi connectivity index (χ0) is 33.7. The molecule has 0 aromatic heterocycles. The van der Waals surface area contributed by atoms with Gasteiger partial charge in [-0.1, -0.05) is 97.1 Å². The molecule has 2 N–H and O–H groups in total. The molecule has 0 radical (unpaired) electrons. The SMILES string of the molecule is COc1ccccc1C(O)(c1ccccc1OC)C(C)N(C)C(=O)[C@@H]1[C@H](C(=O)O)N(Cc2ccccc2)C(=O)N1Cc1ccccc1. The summed E-state index contributed by atoms with van der Waals surface area (Å²) in [5, 5.41) is 23.4. The molecule has 0 aliphatic carbocycles. The number of hydrogen-bond donors (Lipinski definition) is 2. The number of carbonyl (C=O) groups excluding carboxylic acids is 2. The first-order chi connectivity index (χ1) is 22.6. The van der Waals surface area contributed by atoms with Gasteiger partial charge in [0.15, 0.2) is 6.04 Å². The fourth-order valence-corrected chi connectivity index (χ4v) is 6.37. The van der Waals surface area contributed by atoms with Gasteiger partial charge in [-0.15, -0.1) is 0 Å². The second-order valence-electron chi connectivity index (χ2n) is 11.5. The van der Waals surface area contributed by atoms with Crippen molar-refractivity contribution in [3.05, 3.63) is 131 Å². The lowest BCUT2D eigenvalue weighted by molar-refractivity contribution is -0.150. The van der Waals surface area contributed by atoms with Gasteiger partial charge in [0.05, 0.1) is 20.3 Å². The number of rotatable bonds is 12. The number of methoxy groups -OCH3 is 2. The minimum absolute atomic E-state index is 0.00264. The first-order valence-electron chi connectivity index (χ1n) is 15.3. The Morgan fingerprint density at radius 1 is 0.745 bits per heavy atom. The number of urea groups is 1. The Bertz CT molecular complexity index is 1670. The highest BCUT2D eigenvalue weighted by molar-refractivity contribution is 5.98. The van der Waals surface area contributed by atoms with Gasteiger partial charge in [-0.3, -0.25) is 4.79 Å². The van der Waals surface area contributed by atoms with Crippen LogP contribution in [0.25, 0.3) is 0 Å². The van der Waals surface area contributed by atoms with Crippen LogP contribution in [0, 0.1) is 0 Å². The van der Waals surface area contributed by atoms with Crippen molar-refractivity contribution in [2.45, 2.75) is 43.7 Å². The van der Waals surface area contributed by atoms with Crippen LogP contribution >= 0.6 is 0 Å². The second-order valence-corrected chi connectivity index (χ2v) is 11.5. The Balaban J connectivity index is 1.61. The minimum atomic E-state index is -1.89. The van der Waals surface area contributed by atoms with Crippen LogP contribution in [0.3, 0.4) is 0 Å². The lowest BCUT2D eigenvalue weighted by atomic mass is 9.79. The summed E-state index contributed by atoms with van der Waals surface area (Å²) >= 11 is 0. The van der Waals surface area contributed by atoms with Crippen molar-refractivity contribution < 1.29 is 34.1 Å². The number of benzene rings is 4. The molecule has 10 heteroatoms. The summed E-state index contributed by atoms with van der Waals surface area (Å²) in [6.07, 6.45) is 0. The summed E-state index contributed by atoms with van der Waals surface area (Å²) in [7, 11) is 4.49. The topological polar surface area (TPSA) is 120 Å². The Hall–Kier alpha value is -5.35. The maximum Gasteiger partial charge on any atom is 0.329 e. The third-order valence-electron chi connectivity index (χ3n) is 8.93. The first kappa shape index (κ1) is 33.0. The van der Waals surface area contributed by atoms with Crippen molar-refractivity contribution in [1.29, 1.82) is 0 Å². The highest BCUT2D eigenvalue weighted by Gasteiger charge is 2.55. The molecule has 1 fully saturated rings. The molecule has 0 bridgehead atoms. The molecule has 47 heavy (non-hydrogen) atoms. The van der Waals surface area contributed by atoms with E-state index in [1.54, 1.807) is 67.6 Å². The van der Waals surface area contributed by atoms with Crippen molar-refractivity contribution >= 4 is 17.9 Å². The number of carboxylic acid groups (broad SMARTS) is 1. The molecule has 5 rings (SSSR count). The van der Waals surface area contributed by atoms with Gasteiger partial charge in [-0.05, 0) is 30.2 Å². The fraction of sp³-hybridized carbons (Fsp3) is 0.270. The van der Waals surface area contributed by atoms with E-state index in [0.29, 0.717) is 22.6 Å². The number of carbonyl (C=O) groups is 3. The third-order valence-corrected chi connectivity index (χ3v) is 8.93. The van der Waals surface area contributed by atoms with Crippen molar-refractivity contribution in [3.63, 3.8) is 0 Å². The highest BCUT2D eigenvalue weighted by atomic mass is 16.5. The zero-order valence-corrected chi connectivity index (χ0v) is 26.8. The molecule has 10 nitrogen and oxygen atoms in total. The van der Waals surface area contributed by atoms with E-state index >= 15 is 0 Å². The number of aliphatic hydroxyl groups is 1. The number of ether oxygens (including phenoxy) is 2. The lowest BCUT2D eigenvalue weighted by Gasteiger charge is -2.42. The summed E-state index contributed by atoms with van der Waals surface area (Å²) in [6.45, 7) is 1.68. The number of aliphatic carboxylic acids is 1. The molecule has 0 saturated carbocycles. The molecule has 1 saturated heterocycles. The van der Waals surface area contributed by atoms with E-state index in [9.17, 15) is 24.6 Å². The average molecular weight is 638 g/mol. The average Bonchev–Trinajstić information content (AvgIpc) is 3.37. The van der Waals surface area contributed by atoms with Gasteiger partial charge in [0.1, 0.15) is 23.1 Å². The molecule has 4 aromatic rings. The number of likely N-dealkylation sites (N-methyl/N-ethyl adjacent to an activating group) is 1. The third kappa shape index (κ3) is 6.24. The lowest BCUT2D eigenvalue weighted by Crippen LogP contribution is -2.58. The van der Waals surface area contributed by atoms with Crippen LogP contribution in [0.15, 0.2) is 109 Å². The van der Waals surface area contributed by atoms with Gasteiger partial charge in [0.2, 0.25) is 5.91 Å².